The Bertz CT molecular complexity index is 3450. The fourth-order valence-corrected chi connectivity index (χ4v) is 29.6. The fourth-order valence-electron chi connectivity index (χ4n) is 20.9. The Morgan fingerprint density at radius 3 is 0.740 bits per heavy atom. The highest BCUT2D eigenvalue weighted by Gasteiger charge is 2.61. The predicted octanol–water partition coefficient (Wildman–Crippen LogP) is 20.7. The van der Waals surface area contributed by atoms with Gasteiger partial charge in [-0.05, 0) is 448 Å². The molecule has 0 saturated heterocycles. The van der Waals surface area contributed by atoms with Gasteiger partial charge in [-0.25, -0.2) is 14.4 Å². The number of hydrogen-bond donors (Lipinski definition) is 0. The summed E-state index contributed by atoms with van der Waals surface area (Å²) in [5.74, 6) is 11.1. The van der Waals surface area contributed by atoms with Crippen LogP contribution in [0.25, 0.3) is 0 Å². The topological polar surface area (TPSA) is 134 Å². The molecule has 0 spiro atoms. The minimum atomic E-state index is -0.536. The summed E-state index contributed by atoms with van der Waals surface area (Å²) in [6.07, 6.45) is 21.0. The van der Waals surface area contributed by atoms with E-state index in [2.05, 4.69) is 229 Å². The largest absolute Gasteiger partial charge is 0.489 e. The zero-order chi connectivity index (χ0) is 69.2. The van der Waals surface area contributed by atoms with E-state index in [1.54, 1.807) is 0 Å². The van der Waals surface area contributed by atoms with Crippen LogP contribution in [0.15, 0.2) is 124 Å². The quantitative estimate of drug-likeness (QED) is 0.0210. The summed E-state index contributed by atoms with van der Waals surface area (Å²) in [4.78, 5) is 44.0. The molecule has 12 aliphatic carbocycles. The van der Waals surface area contributed by atoms with Gasteiger partial charge >= 0.3 is 17.9 Å². The number of rotatable bonds is 27. The molecular weight excluding hydrogens is 1960 g/mol. The first-order chi connectivity index (χ1) is 48.3. The Labute approximate surface area is 673 Å². The van der Waals surface area contributed by atoms with Crippen LogP contribution in [0, 0.1) is 92.4 Å². The van der Waals surface area contributed by atoms with Gasteiger partial charge in [0.1, 0.15) is 71.1 Å². The minimum Gasteiger partial charge on any atom is -0.489 e. The first kappa shape index (κ1) is 72.8. The van der Waals surface area contributed by atoms with Crippen molar-refractivity contribution in [3.8, 4) is 34.5 Å². The van der Waals surface area contributed by atoms with Crippen LogP contribution >= 0.6 is 136 Å². The molecule has 0 amide bonds. The molecule has 0 atom stereocenters. The van der Waals surface area contributed by atoms with Gasteiger partial charge in [-0.15, -0.1) is 0 Å². The predicted molar refractivity (Wildman–Crippen MR) is 435 cm³/mol. The first-order valence-corrected chi connectivity index (χ1v) is 43.9. The molecule has 12 bridgehead atoms. The summed E-state index contributed by atoms with van der Waals surface area (Å²) in [5.41, 5.74) is 1.95. The van der Waals surface area contributed by atoms with Crippen LogP contribution < -0.4 is 28.4 Å². The molecule has 0 unspecified atom stereocenters. The number of carbonyl (C=O) groups excluding carboxylic acids is 3. The van der Waals surface area contributed by atoms with Crippen molar-refractivity contribution in [1.82, 2.24) is 0 Å². The summed E-state index contributed by atoms with van der Waals surface area (Å²) >= 11 is 13.8. The maximum absolute atomic E-state index is 13.5. The smallest absolute Gasteiger partial charge is 0.344 e. The molecular formula is C81H87I6O12S+. The van der Waals surface area contributed by atoms with Crippen LogP contribution in [0.1, 0.15) is 153 Å². The number of benzene rings is 6. The summed E-state index contributed by atoms with van der Waals surface area (Å²) in [6.45, 7) is 7.32. The lowest BCUT2D eigenvalue weighted by molar-refractivity contribution is -0.212. The first-order valence-electron chi connectivity index (χ1n) is 36.3. The Morgan fingerprint density at radius 1 is 0.330 bits per heavy atom. The Hall–Kier alpha value is -2.74. The van der Waals surface area contributed by atoms with Crippen molar-refractivity contribution in [1.29, 1.82) is 0 Å². The monoisotopic (exact) mass is 2050 g/mol. The van der Waals surface area contributed by atoms with Gasteiger partial charge in [0.2, 0.25) is 0 Å². The minimum absolute atomic E-state index is 0.109. The molecule has 18 rings (SSSR count). The van der Waals surface area contributed by atoms with Crippen molar-refractivity contribution in [3.63, 3.8) is 0 Å². The third-order valence-corrected chi connectivity index (χ3v) is 31.7. The molecule has 530 valence electrons. The normalized spacial score (nSPS) is 30.2. The lowest BCUT2D eigenvalue weighted by Crippen LogP contribution is -2.59. The molecule has 6 aromatic carbocycles. The molecule has 100 heavy (non-hydrogen) atoms. The van der Waals surface area contributed by atoms with Crippen LogP contribution in [0.3, 0.4) is 0 Å². The summed E-state index contributed by atoms with van der Waals surface area (Å²) < 4.78 is 63.1. The van der Waals surface area contributed by atoms with Crippen molar-refractivity contribution >= 4 is 164 Å². The molecule has 12 fully saturated rings. The summed E-state index contributed by atoms with van der Waals surface area (Å²) in [6, 6.07) is 37.6. The van der Waals surface area contributed by atoms with Gasteiger partial charge in [0.25, 0.3) is 0 Å². The molecule has 0 aromatic heterocycles. The van der Waals surface area contributed by atoms with Gasteiger partial charge in [-0.1, -0.05) is 20.8 Å². The van der Waals surface area contributed by atoms with E-state index in [4.69, 9.17) is 42.6 Å². The van der Waals surface area contributed by atoms with E-state index in [0.29, 0.717) is 72.6 Å². The number of ether oxygens (including phenoxy) is 9. The van der Waals surface area contributed by atoms with E-state index in [-0.39, 0.29) is 54.5 Å². The maximum Gasteiger partial charge on any atom is 0.344 e. The second kappa shape index (κ2) is 30.9. The SMILES string of the molecule is CCC1(OC(=O)COc2c(I)cc(COc3ccc([S+](c4ccc(OCc5cc(I)c(OCC(=O)OC6(CC)C7CC8CC(C7)CC6C8)c(I)c5)cc4)c4ccc(OCc5cc(I)c(OCC(=O)OC6(CC)C7CC8CC(C7)CC6C8)c(I)c5)cc4)cc3)cc2I)C2CC3CC(C2)CC1C3. The Balaban J connectivity index is 0.592. The summed E-state index contributed by atoms with van der Waals surface area (Å²) in [7, 11) is -0.536. The second-order valence-corrected chi connectivity index (χ2v) is 39.4. The zero-order valence-corrected chi connectivity index (χ0v) is 70.6. The second-order valence-electron chi connectivity index (χ2n) is 30.4. The van der Waals surface area contributed by atoms with Crippen LogP contribution in [0.5, 0.6) is 34.5 Å². The Morgan fingerprint density at radius 2 is 0.540 bits per heavy atom. The van der Waals surface area contributed by atoms with E-state index in [1.165, 1.54) is 96.3 Å². The molecule has 12 saturated carbocycles. The van der Waals surface area contributed by atoms with Gasteiger partial charge in [0.05, 0.1) is 32.3 Å². The van der Waals surface area contributed by atoms with Crippen molar-refractivity contribution in [2.24, 2.45) is 71.0 Å². The third-order valence-electron chi connectivity index (χ3n) is 24.7. The fraction of sp³-hybridized carbons (Fsp3) is 0.519. The van der Waals surface area contributed by atoms with Gasteiger partial charge in [0, 0.05) is 0 Å². The zero-order valence-electron chi connectivity index (χ0n) is 56.9. The molecule has 12 aliphatic rings. The number of hydrogen-bond acceptors (Lipinski definition) is 12. The highest BCUT2D eigenvalue weighted by atomic mass is 127. The van der Waals surface area contributed by atoms with Gasteiger partial charge in [0.15, 0.2) is 34.5 Å². The van der Waals surface area contributed by atoms with Crippen molar-refractivity contribution in [2.75, 3.05) is 19.8 Å². The summed E-state index contributed by atoms with van der Waals surface area (Å²) in [5, 5.41) is 0. The Kier molecular flexibility index (Phi) is 22.5. The molecule has 0 heterocycles. The van der Waals surface area contributed by atoms with E-state index in [0.717, 1.165) is 125 Å². The standard InChI is InChI=1S/C81H87I6O12S/c1-4-79(55-22-46-19-47(24-55)25-56(79)23-46)97-73(88)43-94-76-67(82)34-52(35-68(76)83)40-91-61-7-13-64(14-8-61)100(65-15-9-62(10-16-65)92-41-53-36-69(84)77(70(85)37-53)95-44-74(89)98-80(5-2)57-26-48-20-49(28-57)29-58(80)27-48)66-17-11-63(12-18-66)93-42-54-38-71(86)78(72(87)39-54)96-45-75(90)99-81(6-3)59-30-50-21-51(32-59)33-60(81)31-50/h7-18,34-39,46-51,55-60H,4-6,19-33,40-45H2,1-3H3/q+1. The number of halogens is 6. The van der Waals surface area contributed by atoms with Crippen LogP contribution in [-0.4, -0.2) is 54.5 Å². The van der Waals surface area contributed by atoms with Gasteiger partial charge < -0.3 is 42.6 Å². The average Bonchev–Trinajstić information content (AvgIpc) is 0.742. The molecule has 0 aliphatic heterocycles. The van der Waals surface area contributed by atoms with Crippen LogP contribution in [-0.2, 0) is 59.3 Å². The van der Waals surface area contributed by atoms with Gasteiger partial charge in [-0.2, -0.15) is 0 Å². The van der Waals surface area contributed by atoms with Crippen LogP contribution in [0.2, 0.25) is 0 Å². The molecule has 12 nitrogen and oxygen atoms in total. The van der Waals surface area contributed by atoms with E-state index in [9.17, 15) is 14.4 Å². The highest BCUT2D eigenvalue weighted by molar-refractivity contribution is 14.1. The van der Waals surface area contributed by atoms with E-state index < -0.39 is 10.9 Å². The van der Waals surface area contributed by atoms with Crippen molar-refractivity contribution in [3.05, 3.63) is 147 Å². The van der Waals surface area contributed by atoms with Gasteiger partial charge in [-0.3, -0.25) is 0 Å². The number of esters is 3. The lowest BCUT2D eigenvalue weighted by Gasteiger charge is -2.60. The molecule has 0 N–H and O–H groups in total. The molecule has 0 radical (unpaired) electrons. The van der Waals surface area contributed by atoms with Crippen molar-refractivity contribution in [2.45, 2.75) is 188 Å². The highest BCUT2D eigenvalue weighted by Crippen LogP contribution is 2.63. The number of carbonyl (C=O) groups is 3. The van der Waals surface area contributed by atoms with E-state index >= 15 is 0 Å². The maximum atomic E-state index is 13.5. The van der Waals surface area contributed by atoms with Crippen LogP contribution in [0.4, 0.5) is 0 Å². The molecule has 19 heteroatoms. The lowest BCUT2D eigenvalue weighted by atomic mass is 9.49. The molecule has 6 aromatic rings. The third kappa shape index (κ3) is 15.0. The van der Waals surface area contributed by atoms with Crippen molar-refractivity contribution < 1.29 is 57.0 Å². The average molecular weight is 2050 g/mol. The van der Waals surface area contributed by atoms with E-state index in [1.807, 2.05) is 36.4 Å².